The maximum atomic E-state index is 13.1. The van der Waals surface area contributed by atoms with Crippen molar-refractivity contribution in [2.75, 3.05) is 39.8 Å². The second kappa shape index (κ2) is 9.43. The molecule has 2 aliphatic heterocycles. The van der Waals surface area contributed by atoms with Gasteiger partial charge in [0.2, 0.25) is 20.0 Å². The molecule has 2 heterocycles. The van der Waals surface area contributed by atoms with E-state index < -0.39 is 20.0 Å². The Bertz CT molecular complexity index is 871. The van der Waals surface area contributed by atoms with E-state index in [0.717, 1.165) is 58.2 Å². The molecule has 0 N–H and O–H groups in total. The Morgan fingerprint density at radius 3 is 2.00 bits per heavy atom. The first-order chi connectivity index (χ1) is 13.8. The summed E-state index contributed by atoms with van der Waals surface area (Å²) in [5, 5.41) is 0. The van der Waals surface area contributed by atoms with Gasteiger partial charge in [-0.1, -0.05) is 13.3 Å². The fourth-order valence-corrected chi connectivity index (χ4v) is 7.16. The lowest BCUT2D eigenvalue weighted by Gasteiger charge is -2.36. The minimum Gasteiger partial charge on any atom is -0.303 e. The van der Waals surface area contributed by atoms with Crippen LogP contribution in [0.15, 0.2) is 34.1 Å². The molecule has 0 atom stereocenters. The van der Waals surface area contributed by atoms with E-state index in [4.69, 9.17) is 0 Å². The minimum atomic E-state index is -3.65. The van der Waals surface area contributed by atoms with Crippen LogP contribution in [0.2, 0.25) is 0 Å². The monoisotopic (exact) mass is 443 g/mol. The van der Waals surface area contributed by atoms with Crippen molar-refractivity contribution in [2.45, 2.75) is 61.3 Å². The lowest BCUT2D eigenvalue weighted by atomic mass is 10.1. The summed E-state index contributed by atoms with van der Waals surface area (Å²) in [4.78, 5) is 2.68. The molecular weight excluding hydrogens is 410 g/mol. The van der Waals surface area contributed by atoms with Gasteiger partial charge in [-0.2, -0.15) is 8.61 Å². The second-order valence-electron chi connectivity index (χ2n) is 8.03. The van der Waals surface area contributed by atoms with Crippen molar-refractivity contribution in [1.29, 1.82) is 0 Å². The molecule has 0 aliphatic carbocycles. The normalized spacial score (nSPS) is 20.9. The molecule has 0 unspecified atom stereocenters. The molecular formula is C20H33N3O4S2. The highest BCUT2D eigenvalue weighted by molar-refractivity contribution is 7.89. The highest BCUT2D eigenvalue weighted by Gasteiger charge is 2.31. The largest absolute Gasteiger partial charge is 0.303 e. The summed E-state index contributed by atoms with van der Waals surface area (Å²) >= 11 is 0. The van der Waals surface area contributed by atoms with Gasteiger partial charge >= 0.3 is 0 Å². The maximum absolute atomic E-state index is 13.1. The van der Waals surface area contributed by atoms with Crippen molar-refractivity contribution in [3.63, 3.8) is 0 Å². The first-order valence-corrected chi connectivity index (χ1v) is 13.5. The molecule has 9 heteroatoms. The van der Waals surface area contributed by atoms with Crippen LogP contribution >= 0.6 is 0 Å². The van der Waals surface area contributed by atoms with E-state index in [1.54, 1.807) is 7.05 Å². The number of sulfonamides is 2. The zero-order valence-corrected chi connectivity index (χ0v) is 19.1. The standard InChI is InChI=1S/C20H33N3O4S2/c1-3-13-22-16-11-18(12-17-22)21(2)28(24,25)19-7-9-20(10-8-19)29(26,27)23-14-5-4-6-15-23/h7-10,18H,3-6,11-17H2,1-2H3. The van der Waals surface area contributed by atoms with Gasteiger partial charge in [-0.25, -0.2) is 16.8 Å². The molecule has 0 saturated carbocycles. The maximum Gasteiger partial charge on any atom is 0.243 e. The summed E-state index contributed by atoms with van der Waals surface area (Å²) in [7, 11) is -5.57. The topological polar surface area (TPSA) is 78.0 Å². The lowest BCUT2D eigenvalue weighted by Crippen LogP contribution is -2.45. The molecule has 0 aromatic heterocycles. The fourth-order valence-electron chi connectivity index (χ4n) is 4.22. The number of hydrogen-bond donors (Lipinski definition) is 0. The molecule has 1 aromatic carbocycles. The summed E-state index contributed by atoms with van der Waals surface area (Å²) < 4.78 is 54.6. The van der Waals surface area contributed by atoms with Crippen LogP contribution in [0.4, 0.5) is 0 Å². The highest BCUT2D eigenvalue weighted by Crippen LogP contribution is 2.25. The summed E-state index contributed by atoms with van der Waals surface area (Å²) in [6.45, 7) is 6.08. The zero-order valence-electron chi connectivity index (χ0n) is 17.5. The zero-order chi connectivity index (χ0) is 21.1. The summed E-state index contributed by atoms with van der Waals surface area (Å²) in [5.74, 6) is 0. The van der Waals surface area contributed by atoms with Gasteiger partial charge in [-0.15, -0.1) is 0 Å². The van der Waals surface area contributed by atoms with Gasteiger partial charge < -0.3 is 4.90 Å². The average Bonchev–Trinajstić information content (AvgIpc) is 2.74. The lowest BCUT2D eigenvalue weighted by molar-refractivity contribution is 0.170. The van der Waals surface area contributed by atoms with E-state index in [-0.39, 0.29) is 15.8 Å². The van der Waals surface area contributed by atoms with E-state index in [9.17, 15) is 16.8 Å². The first kappa shape index (κ1) is 22.7. The predicted octanol–water partition coefficient (Wildman–Crippen LogP) is 2.36. The van der Waals surface area contributed by atoms with Crippen LogP contribution in [0.3, 0.4) is 0 Å². The van der Waals surface area contributed by atoms with E-state index in [1.807, 2.05) is 0 Å². The first-order valence-electron chi connectivity index (χ1n) is 10.6. The average molecular weight is 444 g/mol. The smallest absolute Gasteiger partial charge is 0.243 e. The van der Waals surface area contributed by atoms with Crippen LogP contribution in [-0.4, -0.2) is 76.2 Å². The second-order valence-corrected chi connectivity index (χ2v) is 12.0. The summed E-state index contributed by atoms with van der Waals surface area (Å²) in [6.07, 6.45) is 5.52. The molecule has 3 rings (SSSR count). The quantitative estimate of drug-likeness (QED) is 0.646. The Morgan fingerprint density at radius 1 is 0.897 bits per heavy atom. The molecule has 2 fully saturated rings. The van der Waals surface area contributed by atoms with Crippen molar-refractivity contribution in [3.8, 4) is 0 Å². The molecule has 0 amide bonds. The van der Waals surface area contributed by atoms with Crippen LogP contribution in [0, 0.1) is 0 Å². The number of rotatable bonds is 7. The van der Waals surface area contributed by atoms with Crippen LogP contribution in [0.1, 0.15) is 45.4 Å². The summed E-state index contributed by atoms with van der Waals surface area (Å²) in [5.41, 5.74) is 0. The van der Waals surface area contributed by atoms with Crippen molar-refractivity contribution in [2.24, 2.45) is 0 Å². The van der Waals surface area contributed by atoms with Crippen molar-refractivity contribution in [1.82, 2.24) is 13.5 Å². The van der Waals surface area contributed by atoms with Crippen LogP contribution < -0.4 is 0 Å². The molecule has 0 bridgehead atoms. The van der Waals surface area contributed by atoms with Gasteiger partial charge in [0.25, 0.3) is 0 Å². The van der Waals surface area contributed by atoms with Gasteiger partial charge in [0.05, 0.1) is 9.79 Å². The number of piperidine rings is 2. The van der Waals surface area contributed by atoms with Crippen molar-refractivity contribution in [3.05, 3.63) is 24.3 Å². The Labute approximate surface area is 175 Å². The molecule has 0 spiro atoms. The number of likely N-dealkylation sites (tertiary alicyclic amines) is 1. The highest BCUT2D eigenvalue weighted by atomic mass is 32.2. The van der Waals surface area contributed by atoms with Crippen LogP contribution in [0.25, 0.3) is 0 Å². The van der Waals surface area contributed by atoms with E-state index >= 15 is 0 Å². The Balaban J connectivity index is 1.71. The van der Waals surface area contributed by atoms with Crippen LogP contribution in [-0.2, 0) is 20.0 Å². The van der Waals surface area contributed by atoms with Gasteiger partial charge in [0.1, 0.15) is 0 Å². The van der Waals surface area contributed by atoms with E-state index in [2.05, 4.69) is 11.8 Å². The Kier molecular flexibility index (Phi) is 7.37. The Hall–Kier alpha value is -1.00. The van der Waals surface area contributed by atoms with Gasteiger partial charge in [-0.05, 0) is 76.0 Å². The van der Waals surface area contributed by atoms with Crippen molar-refractivity contribution >= 4 is 20.0 Å². The molecule has 29 heavy (non-hydrogen) atoms. The van der Waals surface area contributed by atoms with Gasteiger partial charge in [-0.3, -0.25) is 0 Å². The van der Waals surface area contributed by atoms with E-state index in [1.165, 1.54) is 32.9 Å². The third-order valence-electron chi connectivity index (χ3n) is 6.06. The SMILES string of the molecule is CCCN1CCC(N(C)S(=O)(=O)c2ccc(S(=O)(=O)N3CCCCC3)cc2)CC1. The summed E-state index contributed by atoms with van der Waals surface area (Å²) in [6, 6.07) is 5.68. The third kappa shape index (κ3) is 5.02. The molecule has 2 saturated heterocycles. The van der Waals surface area contributed by atoms with Gasteiger partial charge in [0.15, 0.2) is 0 Å². The molecule has 7 nitrogen and oxygen atoms in total. The Morgan fingerprint density at radius 2 is 1.45 bits per heavy atom. The fraction of sp³-hybridized carbons (Fsp3) is 0.700. The van der Waals surface area contributed by atoms with E-state index in [0.29, 0.717) is 13.1 Å². The number of hydrogen-bond acceptors (Lipinski definition) is 5. The molecule has 2 aliphatic rings. The molecule has 1 aromatic rings. The minimum absolute atomic E-state index is 0.0233. The molecule has 164 valence electrons. The number of benzene rings is 1. The predicted molar refractivity (Wildman–Crippen MR) is 114 cm³/mol. The van der Waals surface area contributed by atoms with Crippen molar-refractivity contribution < 1.29 is 16.8 Å². The third-order valence-corrected chi connectivity index (χ3v) is 9.90. The van der Waals surface area contributed by atoms with Gasteiger partial charge in [0, 0.05) is 26.2 Å². The molecule has 0 radical (unpaired) electrons. The number of nitrogens with zero attached hydrogens (tertiary/aromatic N) is 3. The van der Waals surface area contributed by atoms with Crippen LogP contribution in [0.5, 0.6) is 0 Å².